The second kappa shape index (κ2) is 5.20. The third kappa shape index (κ3) is 2.26. The molecule has 1 heterocycles. The minimum atomic E-state index is -1.39. The van der Waals surface area contributed by atoms with Gasteiger partial charge in [-0.25, -0.2) is 0 Å². The fourth-order valence-electron chi connectivity index (χ4n) is 3.89. The normalized spacial score (nSPS) is 19.5. The van der Waals surface area contributed by atoms with E-state index in [0.717, 1.165) is 5.52 Å². The van der Waals surface area contributed by atoms with Crippen molar-refractivity contribution >= 4 is 19.0 Å². The number of fused-ring (bicyclic) bond motifs is 1. The first-order chi connectivity index (χ1) is 10.3. The van der Waals surface area contributed by atoms with E-state index < -0.39 is 8.07 Å². The van der Waals surface area contributed by atoms with Crippen LogP contribution < -0.4 is 0 Å². The van der Waals surface area contributed by atoms with Gasteiger partial charge in [-0.05, 0) is 38.0 Å². The van der Waals surface area contributed by atoms with Crippen molar-refractivity contribution < 1.29 is 0 Å². The van der Waals surface area contributed by atoms with Crippen LogP contribution >= 0.6 is 0 Å². The second-order valence-corrected chi connectivity index (χ2v) is 12.5. The maximum absolute atomic E-state index is 4.70. The molecule has 0 fully saturated rings. The van der Waals surface area contributed by atoms with Crippen LogP contribution in [-0.4, -0.2) is 13.1 Å². The van der Waals surface area contributed by atoms with Gasteiger partial charge in [-0.3, -0.25) is 4.98 Å². The zero-order chi connectivity index (χ0) is 16.1. The number of allylic oxidation sites excluding steroid dienone is 4. The highest BCUT2D eigenvalue weighted by atomic mass is 28.3. The monoisotopic (exact) mass is 307 g/mol. The molecule has 22 heavy (non-hydrogen) atoms. The van der Waals surface area contributed by atoms with Crippen molar-refractivity contribution in [2.45, 2.75) is 46.3 Å². The molecule has 0 N–H and O–H groups in total. The maximum Gasteiger partial charge on any atom is 0.0743 e. The van der Waals surface area contributed by atoms with E-state index in [9.17, 15) is 0 Å². The Labute approximate surface area is 134 Å². The predicted molar refractivity (Wildman–Crippen MR) is 98.9 cm³/mol. The second-order valence-electron chi connectivity index (χ2n) is 7.45. The highest BCUT2D eigenvalue weighted by molar-refractivity contribution is 6.83. The topological polar surface area (TPSA) is 12.9 Å². The predicted octanol–water partition coefficient (Wildman–Crippen LogP) is 5.86. The summed E-state index contributed by atoms with van der Waals surface area (Å²) in [5, 5.41) is 2.92. The van der Waals surface area contributed by atoms with Gasteiger partial charge >= 0.3 is 0 Å². The van der Waals surface area contributed by atoms with Gasteiger partial charge in [0.15, 0.2) is 0 Å². The molecule has 0 amide bonds. The molecule has 1 aliphatic rings. The van der Waals surface area contributed by atoms with Crippen LogP contribution in [0.4, 0.5) is 0 Å². The molecular formula is C20H25NSi. The molecule has 114 valence electrons. The minimum absolute atomic E-state index is 0.422. The fourth-order valence-corrected chi connectivity index (χ4v) is 6.44. The Balaban J connectivity index is 2.29. The lowest BCUT2D eigenvalue weighted by atomic mass is 9.91. The van der Waals surface area contributed by atoms with Gasteiger partial charge in [-0.1, -0.05) is 60.2 Å². The molecule has 0 radical (unpaired) electrons. The highest BCUT2D eigenvalue weighted by Gasteiger charge is 2.36. The van der Waals surface area contributed by atoms with Gasteiger partial charge in [0.1, 0.15) is 0 Å². The van der Waals surface area contributed by atoms with E-state index in [-0.39, 0.29) is 0 Å². The lowest BCUT2D eigenvalue weighted by Crippen LogP contribution is -2.28. The van der Waals surface area contributed by atoms with E-state index >= 15 is 0 Å². The van der Waals surface area contributed by atoms with Gasteiger partial charge in [0.05, 0.1) is 13.6 Å². The van der Waals surface area contributed by atoms with E-state index in [0.29, 0.717) is 5.92 Å². The third-order valence-corrected chi connectivity index (χ3v) is 7.34. The Kier molecular flexibility index (Phi) is 3.60. The molecule has 0 saturated heterocycles. The van der Waals surface area contributed by atoms with Crippen LogP contribution in [0.2, 0.25) is 19.6 Å². The van der Waals surface area contributed by atoms with Gasteiger partial charge in [-0.15, -0.1) is 0 Å². The summed E-state index contributed by atoms with van der Waals surface area (Å²) < 4.78 is 0. The molecule has 0 bridgehead atoms. The Bertz CT molecular complexity index is 801. The van der Waals surface area contributed by atoms with Crippen LogP contribution in [0.15, 0.2) is 58.4 Å². The van der Waals surface area contributed by atoms with Crippen molar-refractivity contribution in [2.75, 3.05) is 0 Å². The van der Waals surface area contributed by atoms with Crippen molar-refractivity contribution in [1.29, 1.82) is 0 Å². The SMILES string of the molecule is CC1=C(C)C(c2cccc3cccnc23)C([Si](C)(C)C)=C1C. The molecule has 0 aliphatic heterocycles. The molecular weight excluding hydrogens is 282 g/mol. The summed E-state index contributed by atoms with van der Waals surface area (Å²) in [7, 11) is -1.39. The standard InChI is InChI=1S/C20H25NSi/c1-13-14(2)18(20(15(13)3)22(4,5)6)17-11-7-9-16-10-8-12-21-19(16)17/h7-12,18H,1-6H3. The number of aromatic nitrogens is 1. The Hall–Kier alpha value is -1.67. The van der Waals surface area contributed by atoms with Crippen LogP contribution in [0.5, 0.6) is 0 Å². The summed E-state index contributed by atoms with van der Waals surface area (Å²) in [6.07, 6.45) is 1.91. The lowest BCUT2D eigenvalue weighted by Gasteiger charge is -2.28. The summed E-state index contributed by atoms with van der Waals surface area (Å²) >= 11 is 0. The molecule has 1 aromatic carbocycles. The van der Waals surface area contributed by atoms with Crippen LogP contribution in [0.3, 0.4) is 0 Å². The number of nitrogens with zero attached hydrogens (tertiary/aromatic N) is 1. The van der Waals surface area contributed by atoms with Crippen molar-refractivity contribution in [3.63, 3.8) is 0 Å². The van der Waals surface area contributed by atoms with Gasteiger partial charge in [0.25, 0.3) is 0 Å². The molecule has 3 rings (SSSR count). The lowest BCUT2D eigenvalue weighted by molar-refractivity contribution is 0.979. The Morgan fingerprint density at radius 2 is 1.59 bits per heavy atom. The highest BCUT2D eigenvalue weighted by Crippen LogP contribution is 2.48. The third-order valence-electron chi connectivity index (χ3n) is 5.06. The summed E-state index contributed by atoms with van der Waals surface area (Å²) in [6, 6.07) is 10.8. The van der Waals surface area contributed by atoms with Gasteiger partial charge in [-0.2, -0.15) is 0 Å². The van der Waals surface area contributed by atoms with E-state index in [4.69, 9.17) is 4.98 Å². The number of benzene rings is 1. The van der Waals surface area contributed by atoms with Crippen molar-refractivity contribution in [3.05, 3.63) is 64.0 Å². The summed E-state index contributed by atoms with van der Waals surface area (Å²) in [5.41, 5.74) is 7.05. The van der Waals surface area contributed by atoms with Crippen molar-refractivity contribution in [1.82, 2.24) is 4.98 Å². The first-order valence-corrected chi connectivity index (χ1v) is 11.5. The van der Waals surface area contributed by atoms with E-state index in [1.54, 1.807) is 5.20 Å². The quantitative estimate of drug-likeness (QED) is 0.633. The fraction of sp³-hybridized carbons (Fsp3) is 0.350. The van der Waals surface area contributed by atoms with Crippen molar-refractivity contribution in [2.24, 2.45) is 0 Å². The van der Waals surface area contributed by atoms with Crippen LogP contribution in [0, 0.1) is 0 Å². The number of hydrogen-bond donors (Lipinski definition) is 0. The summed E-state index contributed by atoms with van der Waals surface area (Å²) in [4.78, 5) is 4.70. The average molecular weight is 308 g/mol. The minimum Gasteiger partial charge on any atom is -0.256 e. The molecule has 0 saturated carbocycles. The van der Waals surface area contributed by atoms with E-state index in [2.05, 4.69) is 64.7 Å². The van der Waals surface area contributed by atoms with Crippen LogP contribution in [0.25, 0.3) is 10.9 Å². The Morgan fingerprint density at radius 3 is 2.27 bits per heavy atom. The molecule has 1 unspecified atom stereocenters. The van der Waals surface area contributed by atoms with E-state index in [1.807, 2.05) is 12.3 Å². The van der Waals surface area contributed by atoms with E-state index in [1.165, 1.54) is 27.7 Å². The molecule has 1 aliphatic carbocycles. The number of para-hydroxylation sites is 1. The molecule has 1 aromatic heterocycles. The van der Waals surface area contributed by atoms with Crippen LogP contribution in [0.1, 0.15) is 32.3 Å². The number of rotatable bonds is 2. The first-order valence-electron chi connectivity index (χ1n) is 8.05. The molecule has 2 heteroatoms. The van der Waals surface area contributed by atoms with Gasteiger partial charge < -0.3 is 0 Å². The zero-order valence-electron chi connectivity index (χ0n) is 14.5. The molecule has 0 spiro atoms. The molecule has 2 aromatic rings. The number of hydrogen-bond acceptors (Lipinski definition) is 1. The first kappa shape index (κ1) is 15.2. The van der Waals surface area contributed by atoms with Gasteiger partial charge in [0, 0.05) is 17.5 Å². The average Bonchev–Trinajstić information content (AvgIpc) is 2.70. The van der Waals surface area contributed by atoms with Gasteiger partial charge in [0.2, 0.25) is 0 Å². The molecule has 1 nitrogen and oxygen atoms in total. The Morgan fingerprint density at radius 1 is 0.909 bits per heavy atom. The maximum atomic E-state index is 4.70. The zero-order valence-corrected chi connectivity index (χ0v) is 15.5. The summed E-state index contributed by atoms with van der Waals surface area (Å²) in [6.45, 7) is 14.3. The van der Waals surface area contributed by atoms with Crippen LogP contribution in [-0.2, 0) is 0 Å². The number of pyridine rings is 1. The summed E-state index contributed by atoms with van der Waals surface area (Å²) in [5.74, 6) is 0.422. The van der Waals surface area contributed by atoms with Crippen molar-refractivity contribution in [3.8, 4) is 0 Å². The molecule has 1 atom stereocenters. The smallest absolute Gasteiger partial charge is 0.0743 e. The largest absolute Gasteiger partial charge is 0.256 e.